The summed E-state index contributed by atoms with van der Waals surface area (Å²) in [5.41, 5.74) is 7.00. The molecule has 106 valence electrons. The van der Waals surface area contributed by atoms with Gasteiger partial charge in [-0.2, -0.15) is 0 Å². The lowest BCUT2D eigenvalue weighted by Gasteiger charge is -2.15. The Kier molecular flexibility index (Phi) is 5.12. The Morgan fingerprint density at radius 3 is 2.45 bits per heavy atom. The van der Waals surface area contributed by atoms with Crippen molar-refractivity contribution in [3.05, 3.63) is 58.1 Å². The van der Waals surface area contributed by atoms with Gasteiger partial charge in [-0.1, -0.05) is 29.3 Å². The fourth-order valence-electron chi connectivity index (χ4n) is 1.72. The van der Waals surface area contributed by atoms with Gasteiger partial charge < -0.3 is 15.2 Å². The molecule has 0 aliphatic rings. The number of rotatable bonds is 5. The molecule has 0 saturated carbocycles. The number of benzene rings is 2. The first kappa shape index (κ1) is 15.0. The quantitative estimate of drug-likeness (QED) is 0.904. The zero-order valence-corrected chi connectivity index (χ0v) is 12.5. The Morgan fingerprint density at radius 1 is 1.10 bits per heavy atom. The van der Waals surface area contributed by atoms with Gasteiger partial charge in [0.05, 0.1) is 18.2 Å². The summed E-state index contributed by atoms with van der Waals surface area (Å²) >= 11 is 11.8. The second-order valence-electron chi connectivity index (χ2n) is 4.27. The molecular formula is C15H15Cl2NO2. The molecule has 0 amide bonds. The summed E-state index contributed by atoms with van der Waals surface area (Å²) in [6, 6.07) is 12.3. The van der Waals surface area contributed by atoms with Gasteiger partial charge in [0.2, 0.25) is 0 Å². The van der Waals surface area contributed by atoms with Crippen molar-refractivity contribution in [2.45, 2.75) is 6.04 Å². The lowest BCUT2D eigenvalue weighted by Crippen LogP contribution is -2.19. The average molecular weight is 312 g/mol. The van der Waals surface area contributed by atoms with Gasteiger partial charge in [-0.05, 0) is 42.0 Å². The highest BCUT2D eigenvalue weighted by Crippen LogP contribution is 2.27. The van der Waals surface area contributed by atoms with E-state index in [-0.39, 0.29) is 6.04 Å². The van der Waals surface area contributed by atoms with Gasteiger partial charge >= 0.3 is 0 Å². The van der Waals surface area contributed by atoms with Crippen LogP contribution in [0, 0.1) is 0 Å². The van der Waals surface area contributed by atoms with Crippen LogP contribution in [-0.4, -0.2) is 13.7 Å². The van der Waals surface area contributed by atoms with Crippen LogP contribution in [0.5, 0.6) is 11.5 Å². The van der Waals surface area contributed by atoms with Gasteiger partial charge in [0, 0.05) is 5.02 Å². The van der Waals surface area contributed by atoms with Crippen molar-refractivity contribution in [1.29, 1.82) is 0 Å². The standard InChI is InChI=1S/C15H15Cl2NO2/c1-19-15-8-10(2-7-13(15)17)14(18)9-20-12-5-3-11(16)4-6-12/h2-8,14H,9,18H2,1H3. The molecule has 5 heteroatoms. The first-order valence-electron chi connectivity index (χ1n) is 6.07. The highest BCUT2D eigenvalue weighted by Gasteiger charge is 2.10. The van der Waals surface area contributed by atoms with E-state index >= 15 is 0 Å². The predicted molar refractivity (Wildman–Crippen MR) is 81.9 cm³/mol. The maximum Gasteiger partial charge on any atom is 0.137 e. The van der Waals surface area contributed by atoms with Crippen molar-refractivity contribution >= 4 is 23.2 Å². The summed E-state index contributed by atoms with van der Waals surface area (Å²) in [7, 11) is 1.57. The minimum atomic E-state index is -0.267. The zero-order valence-electron chi connectivity index (χ0n) is 11.0. The first-order chi connectivity index (χ1) is 9.60. The number of hydrogen-bond acceptors (Lipinski definition) is 3. The molecule has 0 radical (unpaired) electrons. The van der Waals surface area contributed by atoms with Crippen molar-refractivity contribution in [1.82, 2.24) is 0 Å². The van der Waals surface area contributed by atoms with Crippen molar-refractivity contribution in [2.75, 3.05) is 13.7 Å². The van der Waals surface area contributed by atoms with Crippen LogP contribution in [-0.2, 0) is 0 Å². The van der Waals surface area contributed by atoms with E-state index in [2.05, 4.69) is 0 Å². The fourth-order valence-corrected chi connectivity index (χ4v) is 2.04. The van der Waals surface area contributed by atoms with E-state index < -0.39 is 0 Å². The zero-order chi connectivity index (χ0) is 14.5. The Balaban J connectivity index is 2.01. The second kappa shape index (κ2) is 6.84. The monoisotopic (exact) mass is 311 g/mol. The molecule has 0 bridgehead atoms. The molecule has 2 aromatic rings. The maximum absolute atomic E-state index is 6.10. The van der Waals surface area contributed by atoms with E-state index in [1.807, 2.05) is 12.1 Å². The highest BCUT2D eigenvalue weighted by molar-refractivity contribution is 6.32. The normalized spacial score (nSPS) is 12.0. The summed E-state index contributed by atoms with van der Waals surface area (Å²) in [5.74, 6) is 1.33. The van der Waals surface area contributed by atoms with Crippen LogP contribution >= 0.6 is 23.2 Å². The molecule has 2 rings (SSSR count). The van der Waals surface area contributed by atoms with Gasteiger partial charge in [-0.25, -0.2) is 0 Å². The molecule has 2 aromatic carbocycles. The molecule has 2 N–H and O–H groups in total. The molecule has 0 heterocycles. The number of halogens is 2. The van der Waals surface area contributed by atoms with Crippen LogP contribution in [0.3, 0.4) is 0 Å². The van der Waals surface area contributed by atoms with E-state index in [0.717, 1.165) is 11.3 Å². The summed E-state index contributed by atoms with van der Waals surface area (Å²) in [5, 5.41) is 1.23. The predicted octanol–water partition coefficient (Wildman–Crippen LogP) is 4.08. The van der Waals surface area contributed by atoms with Crippen LogP contribution in [0.4, 0.5) is 0 Å². The highest BCUT2D eigenvalue weighted by atomic mass is 35.5. The molecule has 0 fully saturated rings. The molecule has 3 nitrogen and oxygen atoms in total. The Labute approximate surface area is 128 Å². The van der Waals surface area contributed by atoms with Crippen LogP contribution in [0.1, 0.15) is 11.6 Å². The first-order valence-corrected chi connectivity index (χ1v) is 6.83. The van der Waals surface area contributed by atoms with Crippen molar-refractivity contribution < 1.29 is 9.47 Å². The summed E-state index contributed by atoms with van der Waals surface area (Å²) < 4.78 is 10.8. The van der Waals surface area contributed by atoms with Crippen LogP contribution in [0.2, 0.25) is 10.0 Å². The van der Waals surface area contributed by atoms with Crippen molar-refractivity contribution in [3.8, 4) is 11.5 Å². The fraction of sp³-hybridized carbons (Fsp3) is 0.200. The molecule has 0 aliphatic heterocycles. The number of nitrogens with two attached hydrogens (primary N) is 1. The van der Waals surface area contributed by atoms with E-state index in [4.69, 9.17) is 38.4 Å². The minimum absolute atomic E-state index is 0.267. The molecular weight excluding hydrogens is 297 g/mol. The number of methoxy groups -OCH3 is 1. The van der Waals surface area contributed by atoms with Crippen molar-refractivity contribution in [3.63, 3.8) is 0 Å². The summed E-state index contributed by atoms with van der Waals surface area (Å²) in [6.07, 6.45) is 0. The molecule has 0 aromatic heterocycles. The third-order valence-corrected chi connectivity index (χ3v) is 3.41. The van der Waals surface area contributed by atoms with Gasteiger partial charge in [-0.3, -0.25) is 0 Å². The van der Waals surface area contributed by atoms with E-state index in [1.165, 1.54) is 0 Å². The van der Waals surface area contributed by atoms with Gasteiger partial charge in [0.25, 0.3) is 0 Å². The molecule has 0 aliphatic carbocycles. The summed E-state index contributed by atoms with van der Waals surface area (Å²) in [6.45, 7) is 0.354. The smallest absolute Gasteiger partial charge is 0.137 e. The molecule has 1 atom stereocenters. The topological polar surface area (TPSA) is 44.5 Å². The van der Waals surface area contributed by atoms with Gasteiger partial charge in [-0.15, -0.1) is 0 Å². The van der Waals surface area contributed by atoms with Crippen LogP contribution in [0.15, 0.2) is 42.5 Å². The molecule has 0 spiro atoms. The lowest BCUT2D eigenvalue weighted by molar-refractivity contribution is 0.290. The van der Waals surface area contributed by atoms with E-state index in [1.54, 1.807) is 37.4 Å². The SMILES string of the molecule is COc1cc(C(N)COc2ccc(Cl)cc2)ccc1Cl. The van der Waals surface area contributed by atoms with E-state index in [0.29, 0.717) is 22.4 Å². The molecule has 1 unspecified atom stereocenters. The molecule has 20 heavy (non-hydrogen) atoms. The number of ether oxygens (including phenoxy) is 2. The third kappa shape index (κ3) is 3.79. The Morgan fingerprint density at radius 2 is 1.80 bits per heavy atom. The van der Waals surface area contributed by atoms with Gasteiger partial charge in [0.15, 0.2) is 0 Å². The average Bonchev–Trinajstić information content (AvgIpc) is 2.47. The van der Waals surface area contributed by atoms with Crippen LogP contribution < -0.4 is 15.2 Å². The largest absolute Gasteiger partial charge is 0.495 e. The summed E-state index contributed by atoms with van der Waals surface area (Å²) in [4.78, 5) is 0. The third-order valence-electron chi connectivity index (χ3n) is 2.85. The van der Waals surface area contributed by atoms with Crippen molar-refractivity contribution in [2.24, 2.45) is 5.73 Å². The van der Waals surface area contributed by atoms with Gasteiger partial charge in [0.1, 0.15) is 18.1 Å². The Bertz CT molecular complexity index is 573. The maximum atomic E-state index is 6.10. The molecule has 0 saturated heterocycles. The second-order valence-corrected chi connectivity index (χ2v) is 5.11. The van der Waals surface area contributed by atoms with Crippen LogP contribution in [0.25, 0.3) is 0 Å². The number of hydrogen-bond donors (Lipinski definition) is 1. The minimum Gasteiger partial charge on any atom is -0.495 e. The van der Waals surface area contributed by atoms with E-state index in [9.17, 15) is 0 Å². The lowest BCUT2D eigenvalue weighted by atomic mass is 10.1. The Hall–Kier alpha value is -1.42.